The van der Waals surface area contributed by atoms with Crippen LogP contribution in [-0.2, 0) is 6.18 Å². The molecule has 0 aromatic carbocycles. The number of carbonyl (C=O) groups excluding carboxylic acids is 1. The van der Waals surface area contributed by atoms with E-state index in [0.29, 0.717) is 15.3 Å². The molecule has 0 radical (unpaired) electrons. The van der Waals surface area contributed by atoms with Gasteiger partial charge in [-0.15, -0.1) is 11.3 Å². The zero-order chi connectivity index (χ0) is 19.9. The lowest BCUT2D eigenvalue weighted by Crippen LogP contribution is -2.41. The van der Waals surface area contributed by atoms with E-state index in [4.69, 9.17) is 0 Å². The maximum atomic E-state index is 13.6. The predicted molar refractivity (Wildman–Crippen MR) is 100 cm³/mol. The second-order valence-electron chi connectivity index (χ2n) is 7.14. The van der Waals surface area contributed by atoms with Gasteiger partial charge in [-0.25, -0.2) is 9.50 Å². The van der Waals surface area contributed by atoms with E-state index in [0.717, 1.165) is 31.7 Å². The fourth-order valence-electron chi connectivity index (χ4n) is 3.65. The maximum absolute atomic E-state index is 13.6. The van der Waals surface area contributed by atoms with Crippen molar-refractivity contribution in [2.45, 2.75) is 44.8 Å². The number of rotatable bonds is 3. The van der Waals surface area contributed by atoms with Gasteiger partial charge in [0, 0.05) is 6.04 Å². The minimum absolute atomic E-state index is 0.0127. The van der Waals surface area contributed by atoms with Gasteiger partial charge in [0.1, 0.15) is 5.56 Å². The molecule has 1 aliphatic rings. The van der Waals surface area contributed by atoms with Gasteiger partial charge in [-0.1, -0.05) is 25.8 Å². The van der Waals surface area contributed by atoms with Crippen molar-refractivity contribution < 1.29 is 18.0 Å². The average Bonchev–Trinajstić information content (AvgIpc) is 3.31. The molecule has 1 aliphatic carbocycles. The van der Waals surface area contributed by atoms with Crippen LogP contribution in [0.1, 0.15) is 48.7 Å². The van der Waals surface area contributed by atoms with Crippen LogP contribution in [0.25, 0.3) is 16.2 Å². The van der Waals surface area contributed by atoms with Gasteiger partial charge in [0.25, 0.3) is 5.91 Å². The molecule has 0 spiro atoms. The standard InChI is InChI=1S/C19H19F3N4OS/c1-11-5-2-3-6-13(11)25-18(27)12-10-23-26-16(19(20,21)22)9-14(24-17(12)26)15-7-4-8-28-15/h4,7-11,13H,2-3,5-6H2,1H3,(H,25,27)/t11-,13-/m0/s1. The highest BCUT2D eigenvalue weighted by atomic mass is 32.1. The molecule has 1 fully saturated rings. The molecular formula is C19H19F3N4OS. The summed E-state index contributed by atoms with van der Waals surface area (Å²) < 4.78 is 41.5. The molecular weight excluding hydrogens is 389 g/mol. The van der Waals surface area contributed by atoms with Crippen molar-refractivity contribution in [1.29, 1.82) is 0 Å². The van der Waals surface area contributed by atoms with E-state index in [1.807, 2.05) is 0 Å². The van der Waals surface area contributed by atoms with Crippen LogP contribution in [0.3, 0.4) is 0 Å². The van der Waals surface area contributed by atoms with Crippen LogP contribution in [0.4, 0.5) is 13.2 Å². The fourth-order valence-corrected chi connectivity index (χ4v) is 4.34. The Morgan fingerprint density at radius 2 is 2.11 bits per heavy atom. The zero-order valence-corrected chi connectivity index (χ0v) is 16.0. The molecule has 148 valence electrons. The first-order valence-electron chi connectivity index (χ1n) is 9.15. The lowest BCUT2D eigenvalue weighted by Gasteiger charge is -2.29. The van der Waals surface area contributed by atoms with Crippen LogP contribution in [0.2, 0.25) is 0 Å². The predicted octanol–water partition coefficient (Wildman–Crippen LogP) is 4.79. The largest absolute Gasteiger partial charge is 0.433 e. The number of hydrogen-bond acceptors (Lipinski definition) is 4. The van der Waals surface area contributed by atoms with Crippen LogP contribution >= 0.6 is 11.3 Å². The molecule has 1 N–H and O–H groups in total. The maximum Gasteiger partial charge on any atom is 0.433 e. The highest BCUT2D eigenvalue weighted by Crippen LogP contribution is 2.34. The number of carbonyl (C=O) groups is 1. The minimum atomic E-state index is -4.62. The third-order valence-corrected chi connectivity index (χ3v) is 6.10. The summed E-state index contributed by atoms with van der Waals surface area (Å²) in [6, 6.07) is 4.42. The van der Waals surface area contributed by atoms with E-state index >= 15 is 0 Å². The summed E-state index contributed by atoms with van der Waals surface area (Å²) in [5, 5.41) is 8.55. The molecule has 5 nitrogen and oxygen atoms in total. The average molecular weight is 408 g/mol. The van der Waals surface area contributed by atoms with Gasteiger partial charge in [0.15, 0.2) is 11.3 Å². The molecule has 3 aromatic rings. The van der Waals surface area contributed by atoms with E-state index in [1.165, 1.54) is 17.5 Å². The molecule has 1 saturated carbocycles. The molecule has 1 amide bonds. The highest BCUT2D eigenvalue weighted by molar-refractivity contribution is 7.13. The summed E-state index contributed by atoms with van der Waals surface area (Å²) in [6.45, 7) is 2.08. The van der Waals surface area contributed by atoms with Crippen molar-refractivity contribution in [2.24, 2.45) is 5.92 Å². The Kier molecular flexibility index (Phi) is 4.86. The van der Waals surface area contributed by atoms with Gasteiger partial charge < -0.3 is 5.32 Å². The molecule has 0 saturated heterocycles. The Bertz CT molecular complexity index is 997. The summed E-state index contributed by atoms with van der Waals surface area (Å²) in [4.78, 5) is 17.7. The molecule has 0 bridgehead atoms. The number of amides is 1. The van der Waals surface area contributed by atoms with E-state index in [1.54, 1.807) is 17.5 Å². The topological polar surface area (TPSA) is 59.3 Å². The molecule has 4 rings (SSSR count). The number of alkyl halides is 3. The lowest BCUT2D eigenvalue weighted by molar-refractivity contribution is -0.142. The van der Waals surface area contributed by atoms with E-state index in [9.17, 15) is 18.0 Å². The second kappa shape index (κ2) is 7.20. The molecule has 2 atom stereocenters. The van der Waals surface area contributed by atoms with Gasteiger partial charge in [0.05, 0.1) is 16.8 Å². The van der Waals surface area contributed by atoms with Crippen molar-refractivity contribution in [2.75, 3.05) is 0 Å². The van der Waals surface area contributed by atoms with Gasteiger partial charge in [0.2, 0.25) is 0 Å². The highest BCUT2D eigenvalue weighted by Gasteiger charge is 2.36. The molecule has 28 heavy (non-hydrogen) atoms. The van der Waals surface area contributed by atoms with Gasteiger partial charge in [-0.2, -0.15) is 18.3 Å². The van der Waals surface area contributed by atoms with Gasteiger partial charge >= 0.3 is 6.18 Å². The van der Waals surface area contributed by atoms with Crippen molar-refractivity contribution in [3.05, 3.63) is 41.0 Å². The molecule has 9 heteroatoms. The summed E-state index contributed by atoms with van der Waals surface area (Å²) in [5.74, 6) is -0.0994. The fraction of sp³-hybridized carbons (Fsp3) is 0.421. The lowest BCUT2D eigenvalue weighted by atomic mass is 9.86. The Balaban J connectivity index is 1.77. The Morgan fingerprint density at radius 3 is 2.79 bits per heavy atom. The molecule has 3 heterocycles. The smallest absolute Gasteiger partial charge is 0.349 e. The summed E-state index contributed by atoms with van der Waals surface area (Å²) in [5.41, 5.74) is -0.803. The number of nitrogens with zero attached hydrogens (tertiary/aromatic N) is 3. The zero-order valence-electron chi connectivity index (χ0n) is 15.2. The Labute approximate surface area is 163 Å². The Hall–Kier alpha value is -2.42. The van der Waals surface area contributed by atoms with E-state index < -0.39 is 17.8 Å². The SMILES string of the molecule is C[C@H]1CCCC[C@@H]1NC(=O)c1cnn2c(C(F)(F)F)cc(-c3cccs3)nc12. The number of nitrogens with one attached hydrogen (secondary N) is 1. The first-order chi connectivity index (χ1) is 13.3. The normalized spacial score (nSPS) is 20.4. The second-order valence-corrected chi connectivity index (χ2v) is 8.08. The van der Waals surface area contributed by atoms with Crippen LogP contribution in [-0.4, -0.2) is 26.5 Å². The van der Waals surface area contributed by atoms with Crippen LogP contribution in [0, 0.1) is 5.92 Å². The Morgan fingerprint density at radius 1 is 1.32 bits per heavy atom. The third-order valence-electron chi connectivity index (χ3n) is 5.21. The molecule has 3 aromatic heterocycles. The summed E-state index contributed by atoms with van der Waals surface area (Å²) >= 11 is 1.29. The molecule has 0 aliphatic heterocycles. The van der Waals surface area contributed by atoms with E-state index in [-0.39, 0.29) is 22.9 Å². The van der Waals surface area contributed by atoms with Crippen LogP contribution in [0.5, 0.6) is 0 Å². The summed E-state index contributed by atoms with van der Waals surface area (Å²) in [6.07, 6.45) is 0.601. The summed E-state index contributed by atoms with van der Waals surface area (Å²) in [7, 11) is 0. The van der Waals surface area contributed by atoms with E-state index in [2.05, 4.69) is 22.3 Å². The van der Waals surface area contributed by atoms with Crippen molar-refractivity contribution in [3.63, 3.8) is 0 Å². The van der Waals surface area contributed by atoms with Crippen LogP contribution < -0.4 is 5.32 Å². The third kappa shape index (κ3) is 3.50. The van der Waals surface area contributed by atoms with Crippen molar-refractivity contribution in [1.82, 2.24) is 19.9 Å². The van der Waals surface area contributed by atoms with Gasteiger partial charge in [-0.05, 0) is 36.3 Å². The molecule has 0 unspecified atom stereocenters. The van der Waals surface area contributed by atoms with Crippen LogP contribution in [0.15, 0.2) is 29.8 Å². The quantitative estimate of drug-likeness (QED) is 0.678. The first-order valence-corrected chi connectivity index (χ1v) is 10.0. The van der Waals surface area contributed by atoms with Crippen molar-refractivity contribution in [3.8, 4) is 10.6 Å². The first kappa shape index (κ1) is 18.9. The van der Waals surface area contributed by atoms with Gasteiger partial charge in [-0.3, -0.25) is 4.79 Å². The number of fused-ring (bicyclic) bond motifs is 1. The number of halogens is 3. The van der Waals surface area contributed by atoms with Crippen molar-refractivity contribution >= 4 is 22.9 Å². The minimum Gasteiger partial charge on any atom is -0.349 e. The number of thiophene rings is 1. The number of hydrogen-bond donors (Lipinski definition) is 1. The monoisotopic (exact) mass is 408 g/mol. The number of aromatic nitrogens is 3.